The Morgan fingerprint density at radius 1 is 1.77 bits per heavy atom. The highest BCUT2D eigenvalue weighted by atomic mass is 32.2. The highest BCUT2D eigenvalue weighted by Gasteiger charge is 2.45. The van der Waals surface area contributed by atoms with Gasteiger partial charge in [0.05, 0.1) is 0 Å². The number of aliphatic carboxylic acids is 1. The van der Waals surface area contributed by atoms with Gasteiger partial charge in [-0.1, -0.05) is 6.42 Å². The summed E-state index contributed by atoms with van der Waals surface area (Å²) >= 11 is 1.75. The molecule has 0 spiro atoms. The van der Waals surface area contributed by atoms with Crippen LogP contribution in [0.4, 0.5) is 0 Å². The summed E-state index contributed by atoms with van der Waals surface area (Å²) < 4.78 is 0. The molecular weight excluding hydrogens is 186 g/mol. The molecule has 0 bridgehead atoms. The molecule has 0 heterocycles. The van der Waals surface area contributed by atoms with Crippen molar-refractivity contribution in [2.45, 2.75) is 31.2 Å². The zero-order valence-electron chi connectivity index (χ0n) is 7.95. The highest BCUT2D eigenvalue weighted by Crippen LogP contribution is 2.36. The van der Waals surface area contributed by atoms with Crippen LogP contribution in [0.1, 0.15) is 25.7 Å². The Labute approximate surface area is 83.1 Å². The van der Waals surface area contributed by atoms with Crippen molar-refractivity contribution in [2.75, 3.05) is 12.0 Å². The van der Waals surface area contributed by atoms with Gasteiger partial charge in [0.2, 0.25) is 0 Å². The van der Waals surface area contributed by atoms with Crippen molar-refractivity contribution >= 4 is 17.7 Å². The lowest BCUT2D eigenvalue weighted by Gasteiger charge is -2.26. The maximum Gasteiger partial charge on any atom is 0.323 e. The molecule has 1 saturated carbocycles. The van der Waals surface area contributed by atoms with Crippen LogP contribution in [0.25, 0.3) is 0 Å². The average Bonchev–Trinajstić information content (AvgIpc) is 2.45. The van der Waals surface area contributed by atoms with Crippen molar-refractivity contribution in [3.05, 3.63) is 0 Å². The molecule has 1 rings (SSSR count). The number of nitrogens with two attached hydrogens (primary N) is 1. The van der Waals surface area contributed by atoms with Crippen LogP contribution in [0.3, 0.4) is 0 Å². The number of hydrogen-bond donors (Lipinski definition) is 2. The third-order valence-electron chi connectivity index (χ3n) is 2.94. The smallest absolute Gasteiger partial charge is 0.323 e. The van der Waals surface area contributed by atoms with Crippen LogP contribution in [0.2, 0.25) is 0 Å². The van der Waals surface area contributed by atoms with Crippen LogP contribution in [0.15, 0.2) is 0 Å². The van der Waals surface area contributed by atoms with Crippen LogP contribution in [-0.2, 0) is 4.79 Å². The third-order valence-corrected chi connectivity index (χ3v) is 3.58. The molecule has 76 valence electrons. The Bertz CT molecular complexity index is 198. The van der Waals surface area contributed by atoms with E-state index in [1.165, 1.54) is 0 Å². The lowest BCUT2D eigenvalue weighted by Crippen LogP contribution is -2.51. The van der Waals surface area contributed by atoms with Crippen molar-refractivity contribution in [1.29, 1.82) is 0 Å². The van der Waals surface area contributed by atoms with E-state index in [4.69, 9.17) is 10.8 Å². The topological polar surface area (TPSA) is 63.3 Å². The van der Waals surface area contributed by atoms with E-state index in [1.807, 2.05) is 6.26 Å². The second-order valence-corrected chi connectivity index (χ2v) is 4.70. The Morgan fingerprint density at radius 3 is 3.00 bits per heavy atom. The number of carbonyl (C=O) groups is 1. The molecule has 2 atom stereocenters. The molecule has 0 aliphatic heterocycles. The van der Waals surface area contributed by atoms with Crippen molar-refractivity contribution in [3.8, 4) is 0 Å². The quantitative estimate of drug-likeness (QED) is 0.723. The molecule has 0 aromatic heterocycles. The normalized spacial score (nSPS) is 33.5. The number of carboxylic acid groups (broad SMARTS) is 1. The van der Waals surface area contributed by atoms with Gasteiger partial charge in [0.15, 0.2) is 0 Å². The van der Waals surface area contributed by atoms with E-state index in [9.17, 15) is 4.79 Å². The Balaban J connectivity index is 2.57. The SMILES string of the molecule is CSCCC1CCCC1(N)C(=O)O. The minimum atomic E-state index is -0.935. The second-order valence-electron chi connectivity index (χ2n) is 3.72. The molecule has 4 heteroatoms. The summed E-state index contributed by atoms with van der Waals surface area (Å²) in [5.74, 6) is 0.366. The van der Waals surface area contributed by atoms with Crippen molar-refractivity contribution < 1.29 is 9.90 Å². The Hall–Kier alpha value is -0.220. The maximum absolute atomic E-state index is 11.0. The van der Waals surface area contributed by atoms with Crippen LogP contribution in [0.5, 0.6) is 0 Å². The molecule has 0 radical (unpaired) electrons. The van der Waals surface area contributed by atoms with Crippen LogP contribution < -0.4 is 5.73 Å². The summed E-state index contributed by atoms with van der Waals surface area (Å²) in [6, 6.07) is 0. The Kier molecular flexibility index (Phi) is 3.62. The van der Waals surface area contributed by atoms with Gasteiger partial charge in [-0.15, -0.1) is 0 Å². The number of carboxylic acids is 1. The molecule has 3 N–H and O–H groups in total. The molecule has 3 nitrogen and oxygen atoms in total. The minimum Gasteiger partial charge on any atom is -0.480 e. The summed E-state index contributed by atoms with van der Waals surface area (Å²) in [6.45, 7) is 0. The van der Waals surface area contributed by atoms with Gasteiger partial charge in [-0.3, -0.25) is 4.79 Å². The molecule has 1 aliphatic rings. The van der Waals surface area contributed by atoms with Crippen LogP contribution in [-0.4, -0.2) is 28.6 Å². The van der Waals surface area contributed by atoms with Gasteiger partial charge in [-0.25, -0.2) is 0 Å². The zero-order chi connectivity index (χ0) is 9.90. The molecule has 2 unspecified atom stereocenters. The highest BCUT2D eigenvalue weighted by molar-refractivity contribution is 7.98. The maximum atomic E-state index is 11.0. The molecule has 0 amide bonds. The monoisotopic (exact) mass is 203 g/mol. The van der Waals surface area contributed by atoms with Gasteiger partial charge in [-0.2, -0.15) is 11.8 Å². The van der Waals surface area contributed by atoms with E-state index in [0.717, 1.165) is 25.0 Å². The van der Waals surface area contributed by atoms with Gasteiger partial charge in [0.1, 0.15) is 5.54 Å². The number of hydrogen-bond acceptors (Lipinski definition) is 3. The van der Waals surface area contributed by atoms with Gasteiger partial charge in [-0.05, 0) is 37.2 Å². The van der Waals surface area contributed by atoms with E-state index in [1.54, 1.807) is 11.8 Å². The fraction of sp³-hybridized carbons (Fsp3) is 0.889. The van der Waals surface area contributed by atoms with E-state index >= 15 is 0 Å². The first kappa shape index (κ1) is 10.9. The van der Waals surface area contributed by atoms with E-state index in [0.29, 0.717) is 6.42 Å². The molecular formula is C9H17NO2S. The second kappa shape index (κ2) is 4.33. The molecule has 0 saturated heterocycles. The summed E-state index contributed by atoms with van der Waals surface area (Å²) in [4.78, 5) is 11.0. The number of thioether (sulfide) groups is 1. The van der Waals surface area contributed by atoms with E-state index in [-0.39, 0.29) is 5.92 Å². The summed E-state index contributed by atoms with van der Waals surface area (Å²) in [5.41, 5.74) is 4.94. The Morgan fingerprint density at radius 2 is 2.46 bits per heavy atom. The van der Waals surface area contributed by atoms with Gasteiger partial charge >= 0.3 is 5.97 Å². The standard InChI is InChI=1S/C9H17NO2S/c1-13-6-4-7-3-2-5-9(7,10)8(11)12/h7H,2-6,10H2,1H3,(H,11,12). The summed E-state index contributed by atoms with van der Waals surface area (Å²) in [7, 11) is 0. The molecule has 0 aromatic carbocycles. The fourth-order valence-electron chi connectivity index (χ4n) is 2.05. The van der Waals surface area contributed by atoms with Gasteiger partial charge in [0.25, 0.3) is 0 Å². The lowest BCUT2D eigenvalue weighted by atomic mass is 9.86. The number of rotatable bonds is 4. The third kappa shape index (κ3) is 2.17. The molecule has 0 aromatic rings. The van der Waals surface area contributed by atoms with Gasteiger partial charge < -0.3 is 10.8 Å². The first-order valence-corrected chi connectivity index (χ1v) is 6.02. The lowest BCUT2D eigenvalue weighted by molar-refractivity contribution is -0.144. The molecule has 1 fully saturated rings. The minimum absolute atomic E-state index is 0.178. The van der Waals surface area contributed by atoms with E-state index in [2.05, 4.69) is 0 Å². The fourth-order valence-corrected chi connectivity index (χ4v) is 2.57. The predicted octanol–water partition coefficient (Wildman–Crippen LogP) is 1.32. The average molecular weight is 203 g/mol. The van der Waals surface area contributed by atoms with Gasteiger partial charge in [0, 0.05) is 0 Å². The summed E-state index contributed by atoms with van der Waals surface area (Å²) in [6.07, 6.45) is 5.55. The van der Waals surface area contributed by atoms with E-state index < -0.39 is 11.5 Å². The molecule has 13 heavy (non-hydrogen) atoms. The predicted molar refractivity (Wildman–Crippen MR) is 54.9 cm³/mol. The van der Waals surface area contributed by atoms with Crippen LogP contribution >= 0.6 is 11.8 Å². The van der Waals surface area contributed by atoms with Crippen molar-refractivity contribution in [3.63, 3.8) is 0 Å². The van der Waals surface area contributed by atoms with Crippen molar-refractivity contribution in [1.82, 2.24) is 0 Å². The van der Waals surface area contributed by atoms with Crippen LogP contribution in [0, 0.1) is 5.92 Å². The van der Waals surface area contributed by atoms with Crippen molar-refractivity contribution in [2.24, 2.45) is 11.7 Å². The first-order chi connectivity index (χ1) is 6.11. The zero-order valence-corrected chi connectivity index (χ0v) is 8.77. The summed E-state index contributed by atoms with van der Waals surface area (Å²) in [5, 5.41) is 9.01. The molecule has 1 aliphatic carbocycles. The largest absolute Gasteiger partial charge is 0.480 e. The first-order valence-electron chi connectivity index (χ1n) is 4.62.